The van der Waals surface area contributed by atoms with Crippen LogP contribution in [0.15, 0.2) is 72.9 Å². The Hall–Kier alpha value is -3.15. The smallest absolute Gasteiger partial charge is 0.306 e. The van der Waals surface area contributed by atoms with Crippen molar-refractivity contribution in [3.8, 4) is 0 Å². The third kappa shape index (κ3) is 53.7. The third-order valence-electron chi connectivity index (χ3n) is 12.1. The Kier molecular flexibility index (Phi) is 52.8. The SMILES string of the molecule is CC/C=C\C/C=C\C/C=C\C/C=C\CCCCCCCCCCCCCCCCCCC(=O)OCC(COC(=O)CCCCCCC/C=C\CCC)OC(=O)CCCCCCC/C=C\CCC. The summed E-state index contributed by atoms with van der Waals surface area (Å²) in [6.07, 6.45) is 70.7. The van der Waals surface area contributed by atoms with Crippen molar-refractivity contribution in [1.29, 1.82) is 0 Å². The predicted octanol–water partition coefficient (Wildman–Crippen LogP) is 19.0. The summed E-state index contributed by atoms with van der Waals surface area (Å²) in [6.45, 7) is 6.40. The normalized spacial score (nSPS) is 12.6. The fourth-order valence-corrected chi connectivity index (χ4v) is 7.91. The van der Waals surface area contributed by atoms with Gasteiger partial charge in [-0.2, -0.15) is 0 Å². The Morgan fingerprint density at radius 1 is 0.313 bits per heavy atom. The van der Waals surface area contributed by atoms with Crippen molar-refractivity contribution < 1.29 is 28.6 Å². The maximum atomic E-state index is 12.7. The van der Waals surface area contributed by atoms with Crippen molar-refractivity contribution in [3.63, 3.8) is 0 Å². The number of esters is 3. The van der Waals surface area contributed by atoms with Gasteiger partial charge in [-0.1, -0.05) is 235 Å². The van der Waals surface area contributed by atoms with Gasteiger partial charge >= 0.3 is 17.9 Å². The highest BCUT2D eigenvalue weighted by atomic mass is 16.6. The van der Waals surface area contributed by atoms with Crippen molar-refractivity contribution in [2.24, 2.45) is 0 Å². The minimum atomic E-state index is -0.779. The fourth-order valence-electron chi connectivity index (χ4n) is 7.91. The van der Waals surface area contributed by atoms with Gasteiger partial charge in [0.2, 0.25) is 0 Å². The standard InChI is InChI=1S/C61H106O6/c1-4-7-10-13-16-19-22-23-24-25-26-27-28-29-30-31-32-33-34-35-36-37-38-39-40-43-45-48-51-54-60(63)66-57-58(67-61(64)55-52-49-46-42-21-18-15-12-9-6-3)56-65-59(62)53-50-47-44-41-20-17-14-11-8-5-2/h7,10-12,14-16,19,23-24,26-27,58H,4-6,8-9,13,17-18,20-22,25,28-57H2,1-3H3/b10-7-,14-11-,15-12-,19-16-,24-23-,27-26-. The lowest BCUT2D eigenvalue weighted by Crippen LogP contribution is -2.30. The molecule has 0 aliphatic heterocycles. The molecule has 0 spiro atoms. The third-order valence-corrected chi connectivity index (χ3v) is 12.1. The highest BCUT2D eigenvalue weighted by Crippen LogP contribution is 2.16. The molecule has 0 aromatic rings. The quantitative estimate of drug-likeness (QED) is 0.0262. The number of carbonyl (C=O) groups excluding carboxylic acids is 3. The summed E-state index contributed by atoms with van der Waals surface area (Å²) in [5.41, 5.74) is 0. The van der Waals surface area contributed by atoms with Gasteiger partial charge in [-0.3, -0.25) is 14.4 Å². The molecule has 67 heavy (non-hydrogen) atoms. The Morgan fingerprint density at radius 3 is 0.925 bits per heavy atom. The molecule has 0 amide bonds. The molecule has 1 atom stereocenters. The number of rotatable bonds is 51. The Morgan fingerprint density at radius 2 is 0.582 bits per heavy atom. The predicted molar refractivity (Wildman–Crippen MR) is 288 cm³/mol. The molecule has 0 saturated heterocycles. The monoisotopic (exact) mass is 935 g/mol. The van der Waals surface area contributed by atoms with Crippen LogP contribution in [-0.4, -0.2) is 37.2 Å². The number of ether oxygens (including phenoxy) is 3. The molecule has 6 heteroatoms. The van der Waals surface area contributed by atoms with E-state index >= 15 is 0 Å². The molecular formula is C61H106O6. The van der Waals surface area contributed by atoms with Crippen LogP contribution in [0.1, 0.15) is 278 Å². The Labute approximate surface area is 414 Å². The zero-order valence-corrected chi connectivity index (χ0v) is 44.2. The first kappa shape index (κ1) is 63.8. The molecular weight excluding hydrogens is 829 g/mol. The molecule has 6 nitrogen and oxygen atoms in total. The summed E-state index contributed by atoms with van der Waals surface area (Å²) in [6, 6.07) is 0. The molecule has 0 heterocycles. The Balaban J connectivity index is 4.07. The van der Waals surface area contributed by atoms with Crippen LogP contribution in [0.3, 0.4) is 0 Å². The lowest BCUT2D eigenvalue weighted by atomic mass is 10.0. The van der Waals surface area contributed by atoms with Gasteiger partial charge in [0.25, 0.3) is 0 Å². The fraction of sp³-hybridized carbons (Fsp3) is 0.754. The van der Waals surface area contributed by atoms with E-state index in [0.29, 0.717) is 19.3 Å². The van der Waals surface area contributed by atoms with E-state index in [1.165, 1.54) is 122 Å². The summed E-state index contributed by atoms with van der Waals surface area (Å²) in [4.78, 5) is 37.9. The van der Waals surface area contributed by atoms with Crippen LogP contribution < -0.4 is 0 Å². The van der Waals surface area contributed by atoms with Crippen molar-refractivity contribution >= 4 is 17.9 Å². The molecule has 0 aliphatic rings. The minimum absolute atomic E-state index is 0.0795. The molecule has 0 fully saturated rings. The second-order valence-corrected chi connectivity index (χ2v) is 18.8. The van der Waals surface area contributed by atoms with Crippen molar-refractivity contribution in [2.45, 2.75) is 284 Å². The molecule has 0 N–H and O–H groups in total. The van der Waals surface area contributed by atoms with Crippen LogP contribution in [0, 0.1) is 0 Å². The van der Waals surface area contributed by atoms with Crippen molar-refractivity contribution in [2.75, 3.05) is 13.2 Å². The van der Waals surface area contributed by atoms with Gasteiger partial charge in [-0.25, -0.2) is 0 Å². The summed E-state index contributed by atoms with van der Waals surface area (Å²) in [7, 11) is 0. The van der Waals surface area contributed by atoms with Gasteiger partial charge in [-0.05, 0) is 96.3 Å². The van der Waals surface area contributed by atoms with E-state index < -0.39 is 6.10 Å². The Bertz CT molecular complexity index is 1260. The molecule has 0 bridgehead atoms. The topological polar surface area (TPSA) is 78.9 Å². The summed E-state index contributed by atoms with van der Waals surface area (Å²) < 4.78 is 16.8. The average Bonchev–Trinajstić information content (AvgIpc) is 3.33. The van der Waals surface area contributed by atoms with E-state index in [1.807, 2.05) is 0 Å². The molecule has 386 valence electrons. The maximum absolute atomic E-state index is 12.7. The minimum Gasteiger partial charge on any atom is -0.462 e. The van der Waals surface area contributed by atoms with Crippen LogP contribution in [0.2, 0.25) is 0 Å². The van der Waals surface area contributed by atoms with Gasteiger partial charge in [0.15, 0.2) is 6.10 Å². The van der Waals surface area contributed by atoms with Crippen LogP contribution in [0.5, 0.6) is 0 Å². The number of hydrogen-bond donors (Lipinski definition) is 0. The van der Waals surface area contributed by atoms with Crippen LogP contribution in [0.25, 0.3) is 0 Å². The molecule has 0 aromatic carbocycles. The second kappa shape index (κ2) is 55.4. The first-order chi connectivity index (χ1) is 33.0. The van der Waals surface area contributed by atoms with E-state index in [0.717, 1.165) is 116 Å². The van der Waals surface area contributed by atoms with Crippen molar-refractivity contribution in [1.82, 2.24) is 0 Å². The maximum Gasteiger partial charge on any atom is 0.306 e. The van der Waals surface area contributed by atoms with Crippen molar-refractivity contribution in [3.05, 3.63) is 72.9 Å². The number of carbonyl (C=O) groups is 3. The lowest BCUT2D eigenvalue weighted by Gasteiger charge is -2.18. The molecule has 1 unspecified atom stereocenters. The number of hydrogen-bond acceptors (Lipinski definition) is 6. The first-order valence-electron chi connectivity index (χ1n) is 28.4. The summed E-state index contributed by atoms with van der Waals surface area (Å²) >= 11 is 0. The van der Waals surface area contributed by atoms with Crippen LogP contribution in [0.4, 0.5) is 0 Å². The van der Waals surface area contributed by atoms with Gasteiger partial charge in [0.05, 0.1) is 0 Å². The van der Waals surface area contributed by atoms with Gasteiger partial charge < -0.3 is 14.2 Å². The van der Waals surface area contributed by atoms with E-state index in [-0.39, 0.29) is 31.1 Å². The molecule has 0 radical (unpaired) electrons. The van der Waals surface area contributed by atoms with Gasteiger partial charge in [0, 0.05) is 19.3 Å². The van der Waals surface area contributed by atoms with Crippen LogP contribution in [-0.2, 0) is 28.6 Å². The van der Waals surface area contributed by atoms with Crippen LogP contribution >= 0.6 is 0 Å². The average molecular weight is 936 g/mol. The molecule has 0 aliphatic carbocycles. The largest absolute Gasteiger partial charge is 0.462 e. The molecule has 0 saturated carbocycles. The van der Waals surface area contributed by atoms with E-state index in [9.17, 15) is 14.4 Å². The summed E-state index contributed by atoms with van der Waals surface area (Å²) in [5, 5.41) is 0. The summed E-state index contributed by atoms with van der Waals surface area (Å²) in [5.74, 6) is -0.897. The molecule has 0 rings (SSSR count). The van der Waals surface area contributed by atoms with E-state index in [4.69, 9.17) is 14.2 Å². The highest BCUT2D eigenvalue weighted by molar-refractivity contribution is 5.71. The van der Waals surface area contributed by atoms with E-state index in [1.54, 1.807) is 0 Å². The van der Waals surface area contributed by atoms with Gasteiger partial charge in [0.1, 0.15) is 13.2 Å². The first-order valence-corrected chi connectivity index (χ1v) is 28.4. The zero-order chi connectivity index (χ0) is 48.6. The van der Waals surface area contributed by atoms with Gasteiger partial charge in [-0.15, -0.1) is 0 Å². The molecule has 0 aromatic heterocycles. The zero-order valence-electron chi connectivity index (χ0n) is 44.2. The van der Waals surface area contributed by atoms with E-state index in [2.05, 4.69) is 93.7 Å². The lowest BCUT2D eigenvalue weighted by molar-refractivity contribution is -0.167. The second-order valence-electron chi connectivity index (χ2n) is 18.8. The highest BCUT2D eigenvalue weighted by Gasteiger charge is 2.19. The number of unbranched alkanes of at least 4 members (excludes halogenated alkanes) is 28. The number of allylic oxidation sites excluding steroid dienone is 12.